The van der Waals surface area contributed by atoms with Crippen LogP contribution in [0, 0.1) is 23.7 Å². The van der Waals surface area contributed by atoms with Crippen molar-refractivity contribution in [1.82, 2.24) is 74.0 Å². The molecule has 1 heterocycles. The van der Waals surface area contributed by atoms with Crippen LogP contribution in [0.1, 0.15) is 158 Å². The number of carbonyl (C=O) groups is 15. The molecule has 0 radical (unpaired) electrons. The summed E-state index contributed by atoms with van der Waals surface area (Å²) in [5.41, 5.74) is 28.9. The van der Waals surface area contributed by atoms with Crippen molar-refractivity contribution in [1.29, 1.82) is 0 Å². The van der Waals surface area contributed by atoms with Gasteiger partial charge in [-0.1, -0.05) is 67.5 Å². The number of nitrogens with one attached hydrogen (secondary N) is 13. The van der Waals surface area contributed by atoms with Gasteiger partial charge in [0.25, 0.3) is 0 Å². The number of unbranched alkanes of at least 4 members (excludes halogenated alkanes) is 3. The standard InChI is InChI=1S/C71H123N19O18S/c1-38(2)29-49(62(99)78-33-55(94)77-35-57(96)90-28-16-20-54(90)69(106)80-46(60(76)97)17-10-13-25-72)86-70(107)58(41(7)8)89-71(108)59(42(9)92)88-56(95)34-79-63(100)53(37-109)87-67(104)51(31-40(5)6)84-65(102)48(19-12-15-27-74)81-64(101)47(18-11-14-26-73)82-66(103)50(30-39(3)4)85-68(105)52(83-61(98)45(75)36-91)32-43-21-23-44(93)24-22-43/h21-24,38-42,45-54,58-59,91-93,109H,10-20,25-37,72-75H2,1-9H3,(H2,76,97)(H,77,94)(H,78,99)(H,79,100)(H,80,106)(H,81,101)(H,82,103)(H,83,98)(H,84,102)(H,85,105)(H,86,107)(H,87,104)(H,88,95)(H,89,108). The van der Waals surface area contributed by atoms with Gasteiger partial charge in [-0.15, -0.1) is 0 Å². The number of amides is 15. The lowest BCUT2D eigenvalue weighted by atomic mass is 9.99. The number of hydrogen-bond acceptors (Lipinski definition) is 23. The summed E-state index contributed by atoms with van der Waals surface area (Å²) in [6.07, 6.45) is 2.15. The molecular formula is C71H123N19O18S. The number of phenols is 1. The predicted molar refractivity (Wildman–Crippen MR) is 407 cm³/mol. The number of aliphatic hydroxyl groups excluding tert-OH is 2. The first-order chi connectivity index (χ1) is 51.4. The van der Waals surface area contributed by atoms with Gasteiger partial charge in [0.1, 0.15) is 78.3 Å². The van der Waals surface area contributed by atoms with E-state index in [2.05, 4.69) is 81.7 Å². The van der Waals surface area contributed by atoms with Crippen LogP contribution in [0.4, 0.5) is 0 Å². The fourth-order valence-electron chi connectivity index (χ4n) is 11.6. The second kappa shape index (κ2) is 50.8. The van der Waals surface area contributed by atoms with Gasteiger partial charge in [-0.05, 0) is 158 Å². The molecule has 0 spiro atoms. The molecule has 0 aliphatic carbocycles. The molecule has 15 amide bonds. The lowest BCUT2D eigenvalue weighted by Crippen LogP contribution is -2.61. The second-order valence-corrected chi connectivity index (χ2v) is 29.3. The third-order valence-electron chi connectivity index (χ3n) is 17.6. The molecule has 38 heteroatoms. The lowest BCUT2D eigenvalue weighted by Gasteiger charge is -2.29. The third kappa shape index (κ3) is 36.1. The number of aromatic hydroxyl groups is 1. The largest absolute Gasteiger partial charge is 0.508 e. The van der Waals surface area contributed by atoms with Gasteiger partial charge in [0, 0.05) is 18.7 Å². The van der Waals surface area contributed by atoms with Crippen LogP contribution in [0.2, 0.25) is 0 Å². The molecule has 0 bridgehead atoms. The summed E-state index contributed by atoms with van der Waals surface area (Å²) in [4.78, 5) is 205. The number of nitrogens with zero attached hydrogens (tertiary/aromatic N) is 1. The molecule has 37 nitrogen and oxygen atoms in total. The first-order valence-electron chi connectivity index (χ1n) is 37.4. The van der Waals surface area contributed by atoms with Gasteiger partial charge in [-0.3, -0.25) is 71.9 Å². The molecule has 1 aromatic carbocycles. The van der Waals surface area contributed by atoms with E-state index in [4.69, 9.17) is 28.7 Å². The number of likely N-dealkylation sites (tertiary alicyclic amines) is 1. The summed E-state index contributed by atoms with van der Waals surface area (Å²) in [5, 5.41) is 63.3. The zero-order valence-electron chi connectivity index (χ0n) is 64.3. The van der Waals surface area contributed by atoms with Crippen LogP contribution in [-0.4, -0.2) is 246 Å². The highest BCUT2D eigenvalue weighted by atomic mass is 32.1. The highest BCUT2D eigenvalue weighted by molar-refractivity contribution is 7.80. The van der Waals surface area contributed by atoms with E-state index in [1.807, 2.05) is 0 Å². The molecule has 109 heavy (non-hydrogen) atoms. The Labute approximate surface area is 643 Å². The van der Waals surface area contributed by atoms with Crippen molar-refractivity contribution in [2.45, 2.75) is 237 Å². The quantitative estimate of drug-likeness (QED) is 0.0214. The van der Waals surface area contributed by atoms with E-state index in [0.29, 0.717) is 63.5 Å². The minimum absolute atomic E-state index is 0.00794. The molecular weight excluding hydrogens is 1440 g/mol. The zero-order chi connectivity index (χ0) is 82.2. The van der Waals surface area contributed by atoms with Gasteiger partial charge in [0.05, 0.1) is 32.3 Å². The minimum Gasteiger partial charge on any atom is -0.508 e. The van der Waals surface area contributed by atoms with Gasteiger partial charge in [0.2, 0.25) is 88.6 Å². The van der Waals surface area contributed by atoms with E-state index in [-0.39, 0.29) is 93.8 Å². The maximum atomic E-state index is 14.4. The second-order valence-electron chi connectivity index (χ2n) is 28.9. The first-order valence-corrected chi connectivity index (χ1v) is 38.0. The summed E-state index contributed by atoms with van der Waals surface area (Å²) >= 11 is 4.26. The molecule has 0 saturated carbocycles. The smallest absolute Gasteiger partial charge is 0.245 e. The number of rotatable bonds is 52. The molecule has 1 saturated heterocycles. The predicted octanol–water partition coefficient (Wildman–Crippen LogP) is -5.58. The maximum absolute atomic E-state index is 14.4. The Morgan fingerprint density at radius 2 is 0.890 bits per heavy atom. The zero-order valence-corrected chi connectivity index (χ0v) is 65.2. The van der Waals surface area contributed by atoms with Crippen molar-refractivity contribution in [3.63, 3.8) is 0 Å². The Hall–Kier alpha value is -8.82. The Bertz CT molecular complexity index is 3150. The van der Waals surface area contributed by atoms with Crippen molar-refractivity contribution in [3.05, 3.63) is 29.8 Å². The minimum atomic E-state index is -1.73. The SMILES string of the molecule is CC(C)CC(NC(=O)C(Cc1ccc(O)cc1)NC(=O)C(N)CO)C(=O)NC(CCCCN)C(=O)NC(CCCCN)C(=O)NC(CC(C)C)C(=O)NC(CS)C(=O)NCC(=O)NC(C(=O)NC(C(=O)NC(CC(C)C)C(=O)NCC(=O)NCC(=O)N1CCCC1C(=O)NC(CCCCN)C(N)=O)C(C)C)C(C)O. The molecule has 13 unspecified atom stereocenters. The number of hydrogen-bond donors (Lipinski definition) is 22. The van der Waals surface area contributed by atoms with Crippen LogP contribution in [0.5, 0.6) is 5.75 Å². The van der Waals surface area contributed by atoms with E-state index in [9.17, 15) is 87.2 Å². The molecule has 0 aromatic heterocycles. The van der Waals surface area contributed by atoms with Crippen LogP contribution in [0.15, 0.2) is 24.3 Å². The number of primary amides is 1. The van der Waals surface area contributed by atoms with Crippen LogP contribution >= 0.6 is 12.6 Å². The molecule has 13 atom stereocenters. The summed E-state index contributed by atoms with van der Waals surface area (Å²) in [7, 11) is 0. The maximum Gasteiger partial charge on any atom is 0.245 e. The fraction of sp³-hybridized carbons (Fsp3) is 0.704. The summed E-state index contributed by atoms with van der Waals surface area (Å²) in [6.45, 7) is 13.3. The van der Waals surface area contributed by atoms with Gasteiger partial charge >= 0.3 is 0 Å². The van der Waals surface area contributed by atoms with Gasteiger partial charge < -0.3 is 118 Å². The van der Waals surface area contributed by atoms with E-state index in [1.165, 1.54) is 36.1 Å². The molecule has 1 aliphatic heterocycles. The topological polar surface area (TPSA) is 606 Å². The Kier molecular flexibility index (Phi) is 44.9. The Morgan fingerprint density at radius 3 is 1.34 bits per heavy atom. The molecule has 616 valence electrons. The van der Waals surface area contributed by atoms with Crippen LogP contribution in [-0.2, 0) is 78.3 Å². The van der Waals surface area contributed by atoms with E-state index < -0.39 is 199 Å². The number of aliphatic hydroxyl groups is 2. The lowest BCUT2D eigenvalue weighted by molar-refractivity contribution is -0.139. The third-order valence-corrected chi connectivity index (χ3v) is 18.0. The first kappa shape index (κ1) is 96.3. The van der Waals surface area contributed by atoms with Crippen molar-refractivity contribution >= 4 is 101 Å². The summed E-state index contributed by atoms with van der Waals surface area (Å²) < 4.78 is 0. The van der Waals surface area contributed by atoms with E-state index in [0.717, 1.165) is 0 Å². The fourth-order valence-corrected chi connectivity index (χ4v) is 11.9. The monoisotopic (exact) mass is 1560 g/mol. The van der Waals surface area contributed by atoms with Crippen molar-refractivity contribution in [3.8, 4) is 5.75 Å². The van der Waals surface area contributed by atoms with E-state index in [1.54, 1.807) is 55.4 Å². The van der Waals surface area contributed by atoms with Gasteiger partial charge in [0.15, 0.2) is 0 Å². The number of nitrogens with two attached hydrogens (primary N) is 5. The van der Waals surface area contributed by atoms with Crippen LogP contribution in [0.3, 0.4) is 0 Å². The molecule has 2 rings (SSSR count). The molecule has 1 fully saturated rings. The Balaban J connectivity index is 2.21. The Morgan fingerprint density at radius 1 is 0.477 bits per heavy atom. The number of benzene rings is 1. The van der Waals surface area contributed by atoms with Crippen LogP contribution in [0.25, 0.3) is 0 Å². The molecule has 1 aliphatic rings. The number of phenolic OH excluding ortho intramolecular Hbond substituents is 1. The van der Waals surface area contributed by atoms with Crippen molar-refractivity contribution in [2.75, 3.05) is 58.2 Å². The molecule has 1 aromatic rings. The van der Waals surface area contributed by atoms with Gasteiger partial charge in [-0.25, -0.2) is 0 Å². The summed E-state index contributed by atoms with van der Waals surface area (Å²) in [5.74, 6) is -13.9. The number of thiol groups is 1. The highest BCUT2D eigenvalue weighted by Gasteiger charge is 2.39. The van der Waals surface area contributed by atoms with Crippen molar-refractivity contribution < 1.29 is 87.2 Å². The highest BCUT2D eigenvalue weighted by Crippen LogP contribution is 2.20. The van der Waals surface area contributed by atoms with Gasteiger partial charge in [-0.2, -0.15) is 12.6 Å². The van der Waals surface area contributed by atoms with Crippen LogP contribution < -0.4 is 97.8 Å². The average Bonchev–Trinajstić information content (AvgIpc) is 1.74. The van der Waals surface area contributed by atoms with Crippen molar-refractivity contribution in [2.24, 2.45) is 52.3 Å². The molecule has 26 N–H and O–H groups in total. The number of carbonyl (C=O) groups excluding carboxylic acids is 15. The summed E-state index contributed by atoms with van der Waals surface area (Å²) in [6, 6.07) is -9.83. The average molecular weight is 1560 g/mol. The normalized spacial score (nSPS) is 16.0. The van der Waals surface area contributed by atoms with E-state index >= 15 is 0 Å².